The number of H-pyrrole nitrogens is 1. The van der Waals surface area contributed by atoms with Crippen molar-refractivity contribution in [2.45, 2.75) is 81.9 Å². The van der Waals surface area contributed by atoms with Crippen LogP contribution in [0, 0.1) is 5.41 Å². The molecule has 9 nitrogen and oxygen atoms in total. The van der Waals surface area contributed by atoms with Crippen molar-refractivity contribution in [3.63, 3.8) is 0 Å². The minimum absolute atomic E-state index is 0.0146. The number of aromatic amines is 1. The van der Waals surface area contributed by atoms with Gasteiger partial charge in [-0.1, -0.05) is 45.0 Å². The molecule has 1 unspecified atom stereocenters. The molecule has 3 fully saturated rings. The van der Waals surface area contributed by atoms with Crippen LogP contribution in [0.5, 0.6) is 0 Å². The van der Waals surface area contributed by atoms with Gasteiger partial charge in [0.15, 0.2) is 5.65 Å². The molecule has 3 aromatic rings. The second kappa shape index (κ2) is 12.5. The second-order valence-corrected chi connectivity index (χ2v) is 14.7. The van der Waals surface area contributed by atoms with Gasteiger partial charge in [0.05, 0.1) is 10.8 Å². The quantitative estimate of drug-likeness (QED) is 0.401. The molecule has 2 atom stereocenters. The third-order valence-electron chi connectivity index (χ3n) is 9.31. The molecular weight excluding hydrogens is 560 g/mol. The number of nitrogens with zero attached hydrogens (tertiary/aromatic N) is 4. The van der Waals surface area contributed by atoms with Crippen LogP contribution in [0.2, 0.25) is 0 Å². The minimum Gasteiger partial charge on any atom is -0.342 e. The molecule has 2 N–H and O–H groups in total. The van der Waals surface area contributed by atoms with E-state index in [9.17, 15) is 14.4 Å². The SMILES string of the molecule is CC(C)(C)CCN1C(=O)[C@H](CC(=O)N2CCC(n3c(=O)[nH]c4ncccc43)CC2)SC1c1ccccc1C1CCNCC1. The van der Waals surface area contributed by atoms with Crippen LogP contribution >= 0.6 is 11.8 Å². The van der Waals surface area contributed by atoms with Gasteiger partial charge in [0, 0.05) is 38.3 Å². The van der Waals surface area contributed by atoms with Gasteiger partial charge in [0.1, 0.15) is 5.37 Å². The Bertz CT molecular complexity index is 1510. The molecule has 0 bridgehead atoms. The molecule has 0 spiro atoms. The van der Waals surface area contributed by atoms with Crippen molar-refractivity contribution >= 4 is 34.7 Å². The standard InChI is InChI=1S/C33H44N6O3S/c1-33(2,3)14-20-38-30(41)27(43-31(38)25-8-5-4-7-24(25)22-10-16-34-17-11-22)21-28(40)37-18-12-23(13-19-37)39-26-9-6-15-35-29(26)36-32(39)42/h4-9,15,22-23,27,31,34H,10-14,16-21H2,1-3H3,(H,35,36,42)/t27-,31?/m0/s1. The average Bonchev–Trinajstić information content (AvgIpc) is 3.51. The molecule has 0 radical (unpaired) electrons. The van der Waals surface area contributed by atoms with E-state index < -0.39 is 5.25 Å². The number of pyridine rings is 1. The fourth-order valence-electron chi connectivity index (χ4n) is 6.87. The first kappa shape index (κ1) is 29.9. The summed E-state index contributed by atoms with van der Waals surface area (Å²) < 4.78 is 1.79. The summed E-state index contributed by atoms with van der Waals surface area (Å²) in [5, 5.41) is 3.01. The molecule has 0 aliphatic carbocycles. The van der Waals surface area contributed by atoms with Gasteiger partial charge in [-0.2, -0.15) is 0 Å². The van der Waals surface area contributed by atoms with Gasteiger partial charge < -0.3 is 15.1 Å². The number of amides is 2. The van der Waals surface area contributed by atoms with Crippen molar-refractivity contribution in [2.24, 2.45) is 5.41 Å². The smallest absolute Gasteiger partial charge is 0.327 e. The van der Waals surface area contributed by atoms with E-state index >= 15 is 0 Å². The molecule has 0 saturated carbocycles. The number of likely N-dealkylation sites (tertiary alicyclic amines) is 1. The van der Waals surface area contributed by atoms with Gasteiger partial charge in [0.2, 0.25) is 11.8 Å². The predicted molar refractivity (Wildman–Crippen MR) is 171 cm³/mol. The Balaban J connectivity index is 1.16. The van der Waals surface area contributed by atoms with Crippen molar-refractivity contribution in [1.82, 2.24) is 29.7 Å². The summed E-state index contributed by atoms with van der Waals surface area (Å²) in [5.41, 5.74) is 3.93. The number of benzene rings is 1. The van der Waals surface area contributed by atoms with E-state index in [1.54, 1.807) is 22.5 Å². The molecule has 2 amide bonds. The predicted octanol–water partition coefficient (Wildman–Crippen LogP) is 4.82. The Kier molecular flexibility index (Phi) is 8.69. The number of piperidine rings is 2. The first-order valence-electron chi connectivity index (χ1n) is 15.8. The van der Waals surface area contributed by atoms with Crippen LogP contribution in [0.3, 0.4) is 0 Å². The number of carbonyl (C=O) groups is 2. The van der Waals surface area contributed by atoms with Crippen LogP contribution in [-0.2, 0) is 9.59 Å². The summed E-state index contributed by atoms with van der Waals surface area (Å²) in [4.78, 5) is 51.3. The van der Waals surface area contributed by atoms with E-state index in [2.05, 4.69) is 65.2 Å². The molecule has 6 rings (SSSR count). The fourth-order valence-corrected chi connectivity index (χ4v) is 8.39. The molecule has 10 heteroatoms. The molecular formula is C33H44N6O3S. The lowest BCUT2D eigenvalue weighted by atomic mass is 9.86. The van der Waals surface area contributed by atoms with Gasteiger partial charge in [-0.25, -0.2) is 9.78 Å². The van der Waals surface area contributed by atoms with Crippen LogP contribution in [0.15, 0.2) is 47.4 Å². The van der Waals surface area contributed by atoms with Crippen LogP contribution in [0.4, 0.5) is 0 Å². The number of rotatable bonds is 7. The summed E-state index contributed by atoms with van der Waals surface area (Å²) >= 11 is 1.66. The number of carbonyl (C=O) groups excluding carboxylic acids is 2. The summed E-state index contributed by atoms with van der Waals surface area (Å²) in [6.45, 7) is 10.5. The van der Waals surface area contributed by atoms with Crippen LogP contribution in [0.25, 0.3) is 11.2 Å². The summed E-state index contributed by atoms with van der Waals surface area (Å²) in [7, 11) is 0. The minimum atomic E-state index is -0.390. The van der Waals surface area contributed by atoms with E-state index in [4.69, 9.17) is 0 Å². The molecule has 3 aliphatic rings. The van der Waals surface area contributed by atoms with Crippen molar-refractivity contribution in [3.05, 3.63) is 64.2 Å². The number of aromatic nitrogens is 3. The molecule has 43 heavy (non-hydrogen) atoms. The average molecular weight is 605 g/mol. The highest BCUT2D eigenvalue weighted by atomic mass is 32.2. The van der Waals surface area contributed by atoms with Crippen molar-refractivity contribution in [1.29, 1.82) is 0 Å². The zero-order valence-electron chi connectivity index (χ0n) is 25.6. The van der Waals surface area contributed by atoms with Gasteiger partial charge in [-0.15, -0.1) is 11.8 Å². The Morgan fingerprint density at radius 1 is 1.00 bits per heavy atom. The highest BCUT2D eigenvalue weighted by molar-refractivity contribution is 8.01. The lowest BCUT2D eigenvalue weighted by molar-refractivity contribution is -0.136. The maximum atomic E-state index is 14.0. The zero-order valence-corrected chi connectivity index (χ0v) is 26.4. The Labute approximate surface area is 257 Å². The molecule has 5 heterocycles. The largest absolute Gasteiger partial charge is 0.342 e. The van der Waals surface area contributed by atoms with Gasteiger partial charge >= 0.3 is 5.69 Å². The van der Waals surface area contributed by atoms with Crippen molar-refractivity contribution in [2.75, 3.05) is 32.7 Å². The van der Waals surface area contributed by atoms with E-state index in [-0.39, 0.29) is 40.8 Å². The van der Waals surface area contributed by atoms with Gasteiger partial charge in [0.25, 0.3) is 0 Å². The van der Waals surface area contributed by atoms with Crippen molar-refractivity contribution < 1.29 is 9.59 Å². The fraction of sp³-hybridized carbons (Fsp3) is 0.576. The van der Waals surface area contributed by atoms with E-state index in [0.717, 1.165) is 37.9 Å². The van der Waals surface area contributed by atoms with Crippen LogP contribution in [0.1, 0.15) is 87.8 Å². The number of thioether (sulfide) groups is 1. The number of fused-ring (bicyclic) bond motifs is 1. The van der Waals surface area contributed by atoms with Crippen molar-refractivity contribution in [3.8, 4) is 0 Å². The lowest BCUT2D eigenvalue weighted by Crippen LogP contribution is -2.42. The zero-order chi connectivity index (χ0) is 30.1. The third-order valence-corrected chi connectivity index (χ3v) is 10.8. The van der Waals surface area contributed by atoms with E-state index in [0.29, 0.717) is 44.0 Å². The Morgan fingerprint density at radius 2 is 1.72 bits per heavy atom. The number of hydrogen-bond acceptors (Lipinski definition) is 6. The first-order valence-corrected chi connectivity index (χ1v) is 16.7. The molecule has 1 aromatic carbocycles. The summed E-state index contributed by atoms with van der Waals surface area (Å²) in [6, 6.07) is 12.4. The van der Waals surface area contributed by atoms with Crippen LogP contribution < -0.4 is 11.0 Å². The number of hydrogen-bond donors (Lipinski definition) is 2. The maximum absolute atomic E-state index is 14.0. The molecule has 3 saturated heterocycles. The van der Waals surface area contributed by atoms with Crippen LogP contribution in [-0.4, -0.2) is 74.1 Å². The van der Waals surface area contributed by atoms with E-state index in [1.165, 1.54) is 11.1 Å². The second-order valence-electron chi connectivity index (χ2n) is 13.5. The molecule has 3 aliphatic heterocycles. The maximum Gasteiger partial charge on any atom is 0.327 e. The number of nitrogens with one attached hydrogen (secondary N) is 2. The van der Waals surface area contributed by atoms with Gasteiger partial charge in [-0.3, -0.25) is 19.1 Å². The first-order chi connectivity index (χ1) is 20.7. The molecule has 230 valence electrons. The monoisotopic (exact) mass is 604 g/mol. The highest BCUT2D eigenvalue weighted by Crippen LogP contribution is 2.47. The topological polar surface area (TPSA) is 103 Å². The number of imidazole rings is 1. The lowest BCUT2D eigenvalue weighted by Gasteiger charge is -2.33. The third kappa shape index (κ3) is 6.41. The summed E-state index contributed by atoms with van der Waals surface area (Å²) in [6.07, 6.45) is 6.39. The normalized spacial score (nSPS) is 22.5. The van der Waals surface area contributed by atoms with E-state index in [1.807, 2.05) is 17.0 Å². The molecule has 2 aromatic heterocycles. The Morgan fingerprint density at radius 3 is 2.44 bits per heavy atom. The highest BCUT2D eigenvalue weighted by Gasteiger charge is 2.44. The van der Waals surface area contributed by atoms with Gasteiger partial charge in [-0.05, 0) is 79.8 Å². The summed E-state index contributed by atoms with van der Waals surface area (Å²) in [5.74, 6) is 0.598. The Hall–Kier alpha value is -3.11.